The lowest BCUT2D eigenvalue weighted by Crippen LogP contribution is -2.16. The molecule has 0 fully saturated rings. The molecule has 26 heteroatoms. The zero-order valence-electron chi connectivity index (χ0n) is 44.3. The molecule has 0 aromatic heterocycles. The Balaban J connectivity index is 1.91. The molecule has 0 aliphatic heterocycles. The standard InChI is InChI=1S/C48H90O24S2/c1-48(2,3)45-6-7-46(71-40-38-69-36-34-67-32-30-65-28-26-63-24-22-61-20-18-59-16-14-57-12-10-55-8-4-42-73(49,50)51)47(44-45)72-41-39-70-37-35-68-33-31-66-29-27-64-25-23-62-21-19-60-17-15-58-13-11-56-9-5-43-74(52,53)54/h6-7,44H,4-5,8-43H2,1-3H3,(H,49,50,51)(H,52,53,54). The van der Waals surface area contributed by atoms with Crippen LogP contribution in [0.1, 0.15) is 39.2 Å². The molecule has 1 rings (SSSR count). The topological polar surface area (TPSA) is 275 Å². The number of rotatable bonds is 58. The monoisotopic (exact) mass is 1110 g/mol. The summed E-state index contributed by atoms with van der Waals surface area (Å²) in [5.74, 6) is 0.648. The van der Waals surface area contributed by atoms with Gasteiger partial charge in [-0.2, -0.15) is 16.8 Å². The molecule has 74 heavy (non-hydrogen) atoms. The van der Waals surface area contributed by atoms with Gasteiger partial charge in [-0.25, -0.2) is 0 Å². The molecule has 0 unspecified atom stereocenters. The SMILES string of the molecule is CC(C)(C)c1ccc(OCCOCCOCCOCCOCCOCCOCCOCCOCCCS(=O)(=O)O)c(OCCOCCOCCOCCOCCOCCOCCOCCOCCCS(=O)(=O)O)c1. The quantitative estimate of drug-likeness (QED) is 0.0701. The molecule has 0 spiro atoms. The van der Waals surface area contributed by atoms with Crippen molar-refractivity contribution in [1.82, 2.24) is 0 Å². The summed E-state index contributed by atoms with van der Waals surface area (Å²) in [5, 5.41) is 0. The molecule has 0 amide bonds. The van der Waals surface area contributed by atoms with E-state index in [9.17, 15) is 16.8 Å². The molecule has 0 saturated carbocycles. The van der Waals surface area contributed by atoms with Gasteiger partial charge in [0, 0.05) is 13.2 Å². The van der Waals surface area contributed by atoms with Crippen LogP contribution >= 0.6 is 0 Å². The van der Waals surface area contributed by atoms with Crippen molar-refractivity contribution in [3.05, 3.63) is 23.8 Å². The highest BCUT2D eigenvalue weighted by molar-refractivity contribution is 7.86. The number of hydrogen-bond acceptors (Lipinski definition) is 22. The summed E-state index contributed by atoms with van der Waals surface area (Å²) in [6.07, 6.45) is 0.470. The summed E-state index contributed by atoms with van der Waals surface area (Å²) in [4.78, 5) is 0. The maximum Gasteiger partial charge on any atom is 0.264 e. The molecule has 1 aromatic rings. The lowest BCUT2D eigenvalue weighted by Gasteiger charge is -2.21. The first kappa shape index (κ1) is 70.0. The Kier molecular flexibility index (Phi) is 46.6. The van der Waals surface area contributed by atoms with Crippen LogP contribution in [-0.4, -0.2) is 262 Å². The summed E-state index contributed by atoms with van der Waals surface area (Å²) in [6, 6.07) is 5.97. The van der Waals surface area contributed by atoms with Gasteiger partial charge in [0.25, 0.3) is 20.2 Å². The van der Waals surface area contributed by atoms with Crippen molar-refractivity contribution in [3.8, 4) is 11.5 Å². The lowest BCUT2D eigenvalue weighted by molar-refractivity contribution is -0.0237. The Hall–Kier alpha value is -2.00. The van der Waals surface area contributed by atoms with Gasteiger partial charge in [-0.1, -0.05) is 26.8 Å². The number of ether oxygens (including phenoxy) is 18. The fraction of sp³-hybridized carbons (Fsp3) is 0.875. The molecule has 24 nitrogen and oxygen atoms in total. The van der Waals surface area contributed by atoms with Crippen LogP contribution in [0.4, 0.5) is 0 Å². The molecule has 0 aliphatic rings. The molecule has 0 aliphatic carbocycles. The fourth-order valence-electron chi connectivity index (χ4n) is 5.60. The molecule has 2 N–H and O–H groups in total. The van der Waals surface area contributed by atoms with E-state index in [0.717, 1.165) is 5.56 Å². The van der Waals surface area contributed by atoms with E-state index in [4.69, 9.17) is 94.4 Å². The third-order valence-corrected chi connectivity index (χ3v) is 11.0. The van der Waals surface area contributed by atoms with Crippen molar-refractivity contribution in [3.63, 3.8) is 0 Å². The minimum Gasteiger partial charge on any atom is -0.487 e. The van der Waals surface area contributed by atoms with E-state index in [1.54, 1.807) is 0 Å². The zero-order chi connectivity index (χ0) is 54.0. The van der Waals surface area contributed by atoms with E-state index < -0.39 is 20.2 Å². The van der Waals surface area contributed by atoms with Gasteiger partial charge >= 0.3 is 0 Å². The van der Waals surface area contributed by atoms with E-state index in [-0.39, 0.29) is 43.0 Å². The van der Waals surface area contributed by atoms with Crippen LogP contribution in [0.2, 0.25) is 0 Å². The van der Waals surface area contributed by atoms with Crippen LogP contribution in [0.15, 0.2) is 18.2 Å². The molecule has 0 bridgehead atoms. The molecular formula is C48H90O24S2. The van der Waals surface area contributed by atoms with E-state index >= 15 is 0 Å². The second kappa shape index (κ2) is 49.3. The summed E-state index contributed by atoms with van der Waals surface area (Å²) in [7, 11) is -7.89. The van der Waals surface area contributed by atoms with Crippen molar-refractivity contribution in [1.29, 1.82) is 0 Å². The van der Waals surface area contributed by atoms with Crippen LogP contribution in [0.5, 0.6) is 11.5 Å². The molecule has 0 saturated heterocycles. The number of benzene rings is 1. The predicted molar refractivity (Wildman–Crippen MR) is 271 cm³/mol. The first-order valence-corrected chi connectivity index (χ1v) is 28.5. The van der Waals surface area contributed by atoms with Gasteiger partial charge in [-0.05, 0) is 36.0 Å². The predicted octanol–water partition coefficient (Wildman–Crippen LogP) is 2.56. The fourth-order valence-corrected chi connectivity index (χ4v) is 6.56. The molecule has 438 valence electrons. The minimum atomic E-state index is -3.94. The molecule has 0 radical (unpaired) electrons. The lowest BCUT2D eigenvalue weighted by atomic mass is 9.87. The van der Waals surface area contributed by atoms with Gasteiger partial charge in [0.05, 0.1) is 210 Å². The second-order valence-corrected chi connectivity index (χ2v) is 19.8. The van der Waals surface area contributed by atoms with E-state index in [1.807, 2.05) is 18.2 Å². The molecule has 0 atom stereocenters. The largest absolute Gasteiger partial charge is 0.487 e. The summed E-state index contributed by atoms with van der Waals surface area (Å²) in [5.41, 5.74) is 1.06. The average Bonchev–Trinajstić information content (AvgIpc) is 3.34. The van der Waals surface area contributed by atoms with Gasteiger partial charge < -0.3 is 85.3 Å². The third kappa shape index (κ3) is 50.8. The third-order valence-electron chi connectivity index (χ3n) is 9.37. The van der Waals surface area contributed by atoms with Crippen molar-refractivity contribution in [2.75, 3.05) is 236 Å². The summed E-state index contributed by atoms with van der Waals surface area (Å²) >= 11 is 0. The Morgan fingerprint density at radius 3 is 0.730 bits per heavy atom. The van der Waals surface area contributed by atoms with Crippen LogP contribution in [0.25, 0.3) is 0 Å². The highest BCUT2D eigenvalue weighted by Gasteiger charge is 2.17. The molecule has 1 aromatic carbocycles. The average molecular weight is 1120 g/mol. The highest BCUT2D eigenvalue weighted by atomic mass is 32.2. The van der Waals surface area contributed by atoms with Crippen LogP contribution in [-0.2, 0) is 101 Å². The van der Waals surface area contributed by atoms with Crippen molar-refractivity contribution in [2.45, 2.75) is 39.0 Å². The van der Waals surface area contributed by atoms with E-state index in [2.05, 4.69) is 20.8 Å². The Morgan fingerprint density at radius 2 is 0.514 bits per heavy atom. The normalized spacial score (nSPS) is 12.3. The van der Waals surface area contributed by atoms with E-state index in [1.165, 1.54) is 0 Å². The van der Waals surface area contributed by atoms with E-state index in [0.29, 0.717) is 223 Å². The van der Waals surface area contributed by atoms with Gasteiger partial charge in [0.2, 0.25) is 0 Å². The van der Waals surface area contributed by atoms with Gasteiger partial charge in [0.1, 0.15) is 13.2 Å². The molecule has 0 heterocycles. The Labute approximate surface area is 440 Å². The van der Waals surface area contributed by atoms with Gasteiger partial charge in [0.15, 0.2) is 11.5 Å². The van der Waals surface area contributed by atoms with Crippen LogP contribution in [0.3, 0.4) is 0 Å². The first-order chi connectivity index (χ1) is 35.8. The maximum atomic E-state index is 10.6. The van der Waals surface area contributed by atoms with Gasteiger partial charge in [-0.15, -0.1) is 0 Å². The van der Waals surface area contributed by atoms with Crippen molar-refractivity contribution < 1.29 is 111 Å². The number of hydrogen-bond donors (Lipinski definition) is 2. The summed E-state index contributed by atoms with van der Waals surface area (Å²) < 4.78 is 160. The zero-order valence-corrected chi connectivity index (χ0v) is 45.9. The minimum absolute atomic E-state index is 0.0663. The van der Waals surface area contributed by atoms with Crippen LogP contribution in [0, 0.1) is 0 Å². The van der Waals surface area contributed by atoms with Crippen molar-refractivity contribution >= 4 is 20.2 Å². The molecular weight excluding hydrogens is 1020 g/mol. The smallest absolute Gasteiger partial charge is 0.264 e. The van der Waals surface area contributed by atoms with Gasteiger partial charge in [-0.3, -0.25) is 9.11 Å². The highest BCUT2D eigenvalue weighted by Crippen LogP contribution is 2.33. The van der Waals surface area contributed by atoms with Crippen molar-refractivity contribution in [2.24, 2.45) is 0 Å². The first-order valence-electron chi connectivity index (χ1n) is 25.3. The summed E-state index contributed by atoms with van der Waals surface area (Å²) in [6.45, 7) is 20.3. The Morgan fingerprint density at radius 1 is 0.311 bits per heavy atom. The second-order valence-electron chi connectivity index (χ2n) is 16.7. The maximum absolute atomic E-state index is 10.6. The Bertz CT molecular complexity index is 1600. The van der Waals surface area contributed by atoms with Crippen LogP contribution < -0.4 is 9.47 Å².